The van der Waals surface area contributed by atoms with Crippen molar-refractivity contribution in [2.24, 2.45) is 0 Å². The largest absolute Gasteiger partial charge is 0.368 e. The van der Waals surface area contributed by atoms with Crippen LogP contribution in [0.15, 0.2) is 18.2 Å². The maximum Gasteiger partial charge on any atom is 0.265 e. The van der Waals surface area contributed by atoms with Gasteiger partial charge < -0.3 is 9.80 Å². The molecule has 0 saturated carbocycles. The van der Waals surface area contributed by atoms with Crippen LogP contribution in [-0.4, -0.2) is 61.2 Å². The zero-order valence-corrected chi connectivity index (χ0v) is 15.2. The Kier molecular flexibility index (Phi) is 4.85. The highest BCUT2D eigenvalue weighted by molar-refractivity contribution is 5.63. The SMILES string of the molecule is CN1C2CCC1CC(N1CCN(c3cccc(C(F)F)c3C#N)CC1)C2. The van der Waals surface area contributed by atoms with Crippen molar-refractivity contribution in [3.05, 3.63) is 29.3 Å². The number of nitrogens with zero attached hydrogens (tertiary/aromatic N) is 4. The molecule has 2 atom stereocenters. The van der Waals surface area contributed by atoms with Gasteiger partial charge in [-0.3, -0.25) is 4.90 Å². The third-order valence-corrected chi connectivity index (χ3v) is 6.67. The number of piperidine rings is 1. The van der Waals surface area contributed by atoms with Gasteiger partial charge in [-0.25, -0.2) is 8.78 Å². The highest BCUT2D eigenvalue weighted by Gasteiger charge is 2.40. The summed E-state index contributed by atoms with van der Waals surface area (Å²) in [5.41, 5.74) is 0.640. The first-order chi connectivity index (χ1) is 12.6. The molecule has 1 aromatic rings. The maximum atomic E-state index is 13.2. The smallest absolute Gasteiger partial charge is 0.265 e. The van der Waals surface area contributed by atoms with Crippen LogP contribution in [0.5, 0.6) is 0 Å². The maximum absolute atomic E-state index is 13.2. The number of benzene rings is 1. The molecule has 0 N–H and O–H groups in total. The molecule has 3 saturated heterocycles. The monoisotopic (exact) mass is 360 g/mol. The number of nitriles is 1. The van der Waals surface area contributed by atoms with E-state index in [9.17, 15) is 14.0 Å². The van der Waals surface area contributed by atoms with E-state index in [-0.39, 0.29) is 11.1 Å². The Labute approximate surface area is 154 Å². The molecular formula is C20H26F2N4. The van der Waals surface area contributed by atoms with E-state index in [1.807, 2.05) is 6.07 Å². The van der Waals surface area contributed by atoms with Gasteiger partial charge in [0.2, 0.25) is 0 Å². The van der Waals surface area contributed by atoms with Crippen molar-refractivity contribution in [2.75, 3.05) is 38.1 Å². The Morgan fingerprint density at radius 1 is 1.04 bits per heavy atom. The van der Waals surface area contributed by atoms with Crippen LogP contribution in [0.4, 0.5) is 14.5 Å². The average molecular weight is 360 g/mol. The van der Waals surface area contributed by atoms with E-state index < -0.39 is 6.43 Å². The number of piperazine rings is 1. The lowest BCUT2D eigenvalue weighted by Gasteiger charge is -2.45. The molecule has 0 aliphatic carbocycles. The number of alkyl halides is 2. The number of hydrogen-bond donors (Lipinski definition) is 0. The van der Waals surface area contributed by atoms with Gasteiger partial charge in [0.15, 0.2) is 0 Å². The molecule has 0 aromatic heterocycles. The van der Waals surface area contributed by atoms with Crippen LogP contribution < -0.4 is 4.90 Å². The Balaban J connectivity index is 1.43. The van der Waals surface area contributed by atoms with Gasteiger partial charge in [0.25, 0.3) is 6.43 Å². The molecule has 3 aliphatic rings. The van der Waals surface area contributed by atoms with Gasteiger partial charge in [0, 0.05) is 49.9 Å². The molecule has 6 heteroatoms. The highest BCUT2D eigenvalue weighted by Crippen LogP contribution is 2.37. The van der Waals surface area contributed by atoms with E-state index in [4.69, 9.17) is 0 Å². The fraction of sp³-hybridized carbons (Fsp3) is 0.650. The second-order valence-electron chi connectivity index (χ2n) is 7.85. The van der Waals surface area contributed by atoms with Crippen LogP contribution in [0.3, 0.4) is 0 Å². The molecule has 3 fully saturated rings. The Morgan fingerprint density at radius 2 is 1.69 bits per heavy atom. The number of rotatable bonds is 3. The summed E-state index contributed by atoms with van der Waals surface area (Å²) in [4.78, 5) is 7.24. The number of anilines is 1. The minimum Gasteiger partial charge on any atom is -0.368 e. The first kappa shape index (κ1) is 17.7. The quantitative estimate of drug-likeness (QED) is 0.829. The van der Waals surface area contributed by atoms with Gasteiger partial charge in [-0.05, 0) is 38.8 Å². The molecule has 3 aliphatic heterocycles. The van der Waals surface area contributed by atoms with Gasteiger partial charge in [-0.2, -0.15) is 5.26 Å². The Morgan fingerprint density at radius 3 is 2.27 bits per heavy atom. The van der Waals surface area contributed by atoms with Gasteiger partial charge in [0.05, 0.1) is 11.3 Å². The van der Waals surface area contributed by atoms with E-state index in [2.05, 4.69) is 21.7 Å². The molecule has 4 nitrogen and oxygen atoms in total. The van der Waals surface area contributed by atoms with E-state index >= 15 is 0 Å². The normalized spacial score (nSPS) is 30.0. The fourth-order valence-electron chi connectivity index (χ4n) is 5.13. The molecule has 3 heterocycles. The van der Waals surface area contributed by atoms with E-state index in [1.165, 1.54) is 31.7 Å². The number of hydrogen-bond acceptors (Lipinski definition) is 4. The van der Waals surface area contributed by atoms with Crippen LogP contribution >= 0.6 is 0 Å². The van der Waals surface area contributed by atoms with Crippen molar-refractivity contribution in [3.63, 3.8) is 0 Å². The van der Waals surface area contributed by atoms with Crippen LogP contribution in [-0.2, 0) is 0 Å². The summed E-state index contributed by atoms with van der Waals surface area (Å²) >= 11 is 0. The summed E-state index contributed by atoms with van der Waals surface area (Å²) in [6.07, 6.45) is 2.53. The molecule has 4 rings (SSSR count). The first-order valence-corrected chi connectivity index (χ1v) is 9.60. The van der Waals surface area contributed by atoms with Crippen LogP contribution in [0.2, 0.25) is 0 Å². The van der Waals surface area contributed by atoms with E-state index in [1.54, 1.807) is 12.1 Å². The van der Waals surface area contributed by atoms with Crippen molar-refractivity contribution >= 4 is 5.69 Å². The average Bonchev–Trinajstić information content (AvgIpc) is 2.87. The Hall–Kier alpha value is -1.71. The first-order valence-electron chi connectivity index (χ1n) is 9.60. The summed E-state index contributed by atoms with van der Waals surface area (Å²) in [7, 11) is 2.26. The topological polar surface area (TPSA) is 33.5 Å². The van der Waals surface area contributed by atoms with Gasteiger partial charge in [-0.15, -0.1) is 0 Å². The van der Waals surface area contributed by atoms with Crippen LogP contribution in [0, 0.1) is 11.3 Å². The molecule has 0 amide bonds. The van der Waals surface area contributed by atoms with Crippen molar-refractivity contribution in [1.82, 2.24) is 9.80 Å². The minimum absolute atomic E-state index is 0.133. The second-order valence-corrected chi connectivity index (χ2v) is 7.85. The lowest BCUT2D eigenvalue weighted by molar-refractivity contribution is 0.0719. The Bertz CT molecular complexity index is 680. The van der Waals surface area contributed by atoms with Gasteiger partial charge >= 0.3 is 0 Å². The molecule has 2 bridgehead atoms. The standard InChI is InChI=1S/C20H26F2N4/c1-24-14-5-6-15(24)12-16(11-14)25-7-9-26(10-8-25)19-4-2-3-17(20(21)22)18(19)13-23/h2-4,14-16,20H,5-12H2,1H3. The molecule has 0 radical (unpaired) electrons. The second kappa shape index (κ2) is 7.13. The predicted octanol–water partition coefficient (Wildman–Crippen LogP) is 3.24. The summed E-state index contributed by atoms with van der Waals surface area (Å²) in [6.45, 7) is 3.47. The van der Waals surface area contributed by atoms with E-state index in [0.29, 0.717) is 11.7 Å². The van der Waals surface area contributed by atoms with Gasteiger partial charge in [0.1, 0.15) is 6.07 Å². The minimum atomic E-state index is -2.61. The molecular weight excluding hydrogens is 334 g/mol. The summed E-state index contributed by atoms with van der Waals surface area (Å²) < 4.78 is 26.4. The summed E-state index contributed by atoms with van der Waals surface area (Å²) in [5, 5.41) is 9.40. The van der Waals surface area contributed by atoms with Crippen LogP contribution in [0.25, 0.3) is 0 Å². The molecule has 1 aromatic carbocycles. The highest BCUT2D eigenvalue weighted by atomic mass is 19.3. The fourth-order valence-corrected chi connectivity index (χ4v) is 5.13. The predicted molar refractivity (Wildman–Crippen MR) is 97.5 cm³/mol. The van der Waals surface area contributed by atoms with Crippen molar-refractivity contribution < 1.29 is 8.78 Å². The molecule has 26 heavy (non-hydrogen) atoms. The third kappa shape index (κ3) is 3.08. The number of halogens is 2. The van der Waals surface area contributed by atoms with Crippen molar-refractivity contribution in [1.29, 1.82) is 5.26 Å². The molecule has 0 spiro atoms. The lowest BCUT2D eigenvalue weighted by atomic mass is 9.96. The van der Waals surface area contributed by atoms with Crippen molar-refractivity contribution in [2.45, 2.75) is 50.2 Å². The molecule has 2 unspecified atom stereocenters. The zero-order chi connectivity index (χ0) is 18.3. The van der Waals surface area contributed by atoms with Gasteiger partial charge in [-0.1, -0.05) is 12.1 Å². The van der Waals surface area contributed by atoms with Crippen molar-refractivity contribution in [3.8, 4) is 6.07 Å². The zero-order valence-electron chi connectivity index (χ0n) is 15.2. The summed E-state index contributed by atoms with van der Waals surface area (Å²) in [6, 6.07) is 8.90. The number of fused-ring (bicyclic) bond motifs is 2. The summed E-state index contributed by atoms with van der Waals surface area (Å²) in [5.74, 6) is 0. The molecule has 140 valence electrons. The van der Waals surface area contributed by atoms with E-state index in [0.717, 1.165) is 38.3 Å². The third-order valence-electron chi connectivity index (χ3n) is 6.67. The van der Waals surface area contributed by atoms with Crippen LogP contribution in [0.1, 0.15) is 43.2 Å². The lowest BCUT2D eigenvalue weighted by Crippen LogP contribution is -2.55.